The van der Waals surface area contributed by atoms with Crippen LogP contribution in [-0.4, -0.2) is 26.5 Å². The van der Waals surface area contributed by atoms with Gasteiger partial charge in [0, 0.05) is 5.69 Å². The number of nitrogens with two attached hydrogens (primary N) is 1. The van der Waals surface area contributed by atoms with E-state index in [1.807, 2.05) is 54.6 Å². The molecule has 0 aliphatic heterocycles. The van der Waals surface area contributed by atoms with E-state index in [1.54, 1.807) is 12.1 Å². The first-order valence-electron chi connectivity index (χ1n) is 8.53. The van der Waals surface area contributed by atoms with E-state index < -0.39 is 0 Å². The second-order valence-corrected chi connectivity index (χ2v) is 6.88. The number of thioether (sulfide) groups is 1. The van der Waals surface area contributed by atoms with Gasteiger partial charge in [-0.25, -0.2) is 4.68 Å². The fraction of sp³-hybridized carbons (Fsp3) is 0.0500. The first-order chi connectivity index (χ1) is 13.7. The number of nitrogens with one attached hydrogen (secondary N) is 1. The molecule has 3 N–H and O–H groups in total. The van der Waals surface area contributed by atoms with E-state index in [9.17, 15) is 4.79 Å². The van der Waals surface area contributed by atoms with Gasteiger partial charge in [0.15, 0.2) is 5.76 Å². The minimum atomic E-state index is -0.153. The molecule has 4 aromatic rings. The van der Waals surface area contributed by atoms with Crippen molar-refractivity contribution in [2.45, 2.75) is 5.16 Å². The molecule has 7 nitrogen and oxygen atoms in total. The van der Waals surface area contributed by atoms with E-state index in [0.717, 1.165) is 16.8 Å². The summed E-state index contributed by atoms with van der Waals surface area (Å²) in [5, 5.41) is 11.3. The normalized spacial score (nSPS) is 10.7. The van der Waals surface area contributed by atoms with E-state index in [-0.39, 0.29) is 11.7 Å². The van der Waals surface area contributed by atoms with Gasteiger partial charge in [-0.3, -0.25) is 4.79 Å². The van der Waals surface area contributed by atoms with Gasteiger partial charge in [0.2, 0.25) is 16.9 Å². The lowest BCUT2D eigenvalue weighted by Gasteiger charge is -2.07. The summed E-state index contributed by atoms with van der Waals surface area (Å²) in [6, 6.07) is 21.3. The lowest BCUT2D eigenvalue weighted by atomic mass is 10.1. The molecule has 8 heteroatoms. The lowest BCUT2D eigenvalue weighted by Crippen LogP contribution is -2.16. The molecule has 0 spiro atoms. The van der Waals surface area contributed by atoms with Crippen LogP contribution < -0.4 is 11.2 Å². The van der Waals surface area contributed by atoms with Gasteiger partial charge < -0.3 is 15.6 Å². The average Bonchev–Trinajstić information content (AvgIpc) is 3.37. The number of benzene rings is 2. The monoisotopic (exact) mass is 391 g/mol. The highest BCUT2D eigenvalue weighted by Gasteiger charge is 2.15. The Morgan fingerprint density at radius 2 is 1.75 bits per heavy atom. The zero-order chi connectivity index (χ0) is 19.3. The van der Waals surface area contributed by atoms with Gasteiger partial charge in [-0.15, -0.1) is 10.2 Å². The minimum absolute atomic E-state index is 0.153. The Hall–Kier alpha value is -3.52. The second kappa shape index (κ2) is 8.01. The van der Waals surface area contributed by atoms with Crippen LogP contribution in [0.3, 0.4) is 0 Å². The van der Waals surface area contributed by atoms with Gasteiger partial charge in [-0.05, 0) is 35.4 Å². The molecule has 1 amide bonds. The van der Waals surface area contributed by atoms with Gasteiger partial charge in [-0.1, -0.05) is 54.2 Å². The van der Waals surface area contributed by atoms with E-state index in [1.165, 1.54) is 22.7 Å². The number of nitrogen functional groups attached to an aromatic ring is 1. The summed E-state index contributed by atoms with van der Waals surface area (Å²) >= 11 is 1.20. The third-order valence-electron chi connectivity index (χ3n) is 4.01. The highest BCUT2D eigenvalue weighted by Crippen LogP contribution is 2.23. The third-order valence-corrected chi connectivity index (χ3v) is 4.96. The number of aromatic nitrogens is 3. The third kappa shape index (κ3) is 3.91. The molecule has 2 aromatic carbocycles. The quantitative estimate of drug-likeness (QED) is 0.384. The summed E-state index contributed by atoms with van der Waals surface area (Å²) < 4.78 is 6.58. The average molecular weight is 391 g/mol. The van der Waals surface area contributed by atoms with Crippen molar-refractivity contribution in [2.75, 3.05) is 16.9 Å². The summed E-state index contributed by atoms with van der Waals surface area (Å²) in [6.07, 6.45) is 1.54. The molecule has 0 atom stereocenters. The van der Waals surface area contributed by atoms with Crippen LogP contribution in [-0.2, 0) is 4.79 Å². The van der Waals surface area contributed by atoms with Gasteiger partial charge in [0.25, 0.3) is 0 Å². The Morgan fingerprint density at radius 1 is 1.00 bits per heavy atom. The van der Waals surface area contributed by atoms with Gasteiger partial charge in [-0.2, -0.15) is 0 Å². The topological polar surface area (TPSA) is 99.0 Å². The van der Waals surface area contributed by atoms with E-state index in [0.29, 0.717) is 16.7 Å². The summed E-state index contributed by atoms with van der Waals surface area (Å²) in [5.41, 5.74) is 2.95. The zero-order valence-electron chi connectivity index (χ0n) is 14.8. The molecule has 28 heavy (non-hydrogen) atoms. The van der Waals surface area contributed by atoms with Crippen molar-refractivity contribution in [3.05, 3.63) is 73.0 Å². The van der Waals surface area contributed by atoms with Crippen molar-refractivity contribution in [3.63, 3.8) is 0 Å². The molecule has 2 aromatic heterocycles. The maximum atomic E-state index is 12.2. The summed E-state index contributed by atoms with van der Waals surface area (Å²) in [6.45, 7) is 0. The maximum Gasteiger partial charge on any atom is 0.234 e. The molecule has 4 rings (SSSR count). The first kappa shape index (κ1) is 17.9. The molecule has 140 valence electrons. The van der Waals surface area contributed by atoms with Crippen LogP contribution >= 0.6 is 11.8 Å². The van der Waals surface area contributed by atoms with Crippen LogP contribution in [0.25, 0.3) is 22.7 Å². The Morgan fingerprint density at radius 3 is 2.46 bits per heavy atom. The van der Waals surface area contributed by atoms with Crippen LogP contribution in [0.5, 0.6) is 0 Å². The second-order valence-electron chi connectivity index (χ2n) is 5.93. The van der Waals surface area contributed by atoms with Crippen molar-refractivity contribution >= 4 is 23.4 Å². The van der Waals surface area contributed by atoms with Crippen LogP contribution in [0.2, 0.25) is 0 Å². The minimum Gasteiger partial charge on any atom is -0.461 e. The lowest BCUT2D eigenvalue weighted by molar-refractivity contribution is -0.113. The van der Waals surface area contributed by atoms with Gasteiger partial charge in [0.05, 0.1) is 12.0 Å². The van der Waals surface area contributed by atoms with Crippen LogP contribution in [0.1, 0.15) is 0 Å². The smallest absolute Gasteiger partial charge is 0.234 e. The molecule has 2 heterocycles. The zero-order valence-corrected chi connectivity index (χ0v) is 15.6. The molecule has 0 saturated carbocycles. The van der Waals surface area contributed by atoms with E-state index >= 15 is 0 Å². The summed E-state index contributed by atoms with van der Waals surface area (Å²) in [5.74, 6) is 6.92. The Bertz CT molecular complexity index is 1060. The molecular weight excluding hydrogens is 374 g/mol. The molecule has 0 radical (unpaired) electrons. The highest BCUT2D eigenvalue weighted by atomic mass is 32.2. The predicted octanol–water partition coefficient (Wildman–Crippen LogP) is 3.65. The van der Waals surface area contributed by atoms with Crippen molar-refractivity contribution in [1.29, 1.82) is 0 Å². The fourth-order valence-electron chi connectivity index (χ4n) is 2.65. The Labute approximate surface area is 165 Å². The number of hydrogen-bond acceptors (Lipinski definition) is 6. The van der Waals surface area contributed by atoms with Crippen LogP contribution in [0.4, 0.5) is 5.69 Å². The van der Waals surface area contributed by atoms with Gasteiger partial charge >= 0.3 is 0 Å². The molecule has 0 aliphatic rings. The number of amides is 1. The number of furan rings is 1. The maximum absolute atomic E-state index is 12.2. The molecule has 0 unspecified atom stereocenters. The van der Waals surface area contributed by atoms with Crippen molar-refractivity contribution < 1.29 is 9.21 Å². The molecule has 0 aliphatic carbocycles. The van der Waals surface area contributed by atoms with E-state index in [4.69, 9.17) is 10.3 Å². The van der Waals surface area contributed by atoms with Crippen LogP contribution in [0.15, 0.2) is 82.6 Å². The van der Waals surface area contributed by atoms with E-state index in [2.05, 4.69) is 15.5 Å². The Kier molecular flexibility index (Phi) is 5.11. The molecule has 0 bridgehead atoms. The van der Waals surface area contributed by atoms with Crippen molar-refractivity contribution in [3.8, 4) is 22.7 Å². The predicted molar refractivity (Wildman–Crippen MR) is 109 cm³/mol. The number of hydrogen-bond donors (Lipinski definition) is 2. The number of carbonyl (C=O) groups excluding carboxylic acids is 1. The number of carbonyl (C=O) groups is 1. The number of anilines is 1. The van der Waals surface area contributed by atoms with Gasteiger partial charge in [0.1, 0.15) is 0 Å². The summed E-state index contributed by atoms with van der Waals surface area (Å²) in [4.78, 5) is 12.2. The highest BCUT2D eigenvalue weighted by molar-refractivity contribution is 7.99. The SMILES string of the molecule is Nn1c(SCC(=O)Nc2ccc(-c3ccccc3)cc2)nnc1-c1ccco1. The molecule has 0 fully saturated rings. The number of rotatable bonds is 6. The molecule has 0 saturated heterocycles. The largest absolute Gasteiger partial charge is 0.461 e. The van der Waals surface area contributed by atoms with Crippen molar-refractivity contribution in [2.24, 2.45) is 0 Å². The Balaban J connectivity index is 1.35. The van der Waals surface area contributed by atoms with Crippen molar-refractivity contribution in [1.82, 2.24) is 14.9 Å². The summed E-state index contributed by atoms with van der Waals surface area (Å²) in [7, 11) is 0. The fourth-order valence-corrected chi connectivity index (χ4v) is 3.31. The van der Waals surface area contributed by atoms with Crippen LogP contribution in [0, 0.1) is 0 Å². The number of nitrogens with zero attached hydrogens (tertiary/aromatic N) is 3. The standard InChI is InChI=1S/C20H17N5O2S/c21-25-19(17-7-4-12-27-17)23-24-20(25)28-13-18(26)22-16-10-8-15(9-11-16)14-5-2-1-3-6-14/h1-12H,13,21H2,(H,22,26). The first-order valence-corrected chi connectivity index (χ1v) is 9.52. The molecular formula is C20H17N5O2S.